The van der Waals surface area contributed by atoms with Crippen LogP contribution in [0.5, 0.6) is 0 Å². The highest BCUT2D eigenvalue weighted by Gasteiger charge is 2.26. The normalized spacial score (nSPS) is 10.0. The molecule has 3 rings (SSSR count). The number of hydrogen-bond donors (Lipinski definition) is 0. The quantitative estimate of drug-likeness (QED) is 0.665. The summed E-state index contributed by atoms with van der Waals surface area (Å²) in [4.78, 5) is 0. The molecule has 2 nitrogen and oxygen atoms in total. The minimum Gasteiger partial charge on any atom is -0.205 e. The van der Waals surface area contributed by atoms with Crippen LogP contribution in [0.4, 0.5) is 8.78 Å². The molecule has 114 valence electrons. The lowest BCUT2D eigenvalue weighted by Crippen LogP contribution is -2.03. The summed E-state index contributed by atoms with van der Waals surface area (Å²) in [6.07, 6.45) is 0. The fraction of sp³-hybridized carbons (Fsp3) is 0. The Hall–Kier alpha value is -3.50. The third-order valence-electron chi connectivity index (χ3n) is 3.73. The van der Waals surface area contributed by atoms with Crippen LogP contribution in [-0.2, 0) is 0 Å². The van der Waals surface area contributed by atoms with Gasteiger partial charge in [-0.2, -0.15) is 10.5 Å². The highest BCUT2D eigenvalue weighted by molar-refractivity contribution is 5.82. The maximum atomic E-state index is 15.0. The zero-order valence-corrected chi connectivity index (χ0v) is 12.4. The molecule has 0 aromatic heterocycles. The van der Waals surface area contributed by atoms with Crippen molar-refractivity contribution < 1.29 is 8.78 Å². The Morgan fingerprint density at radius 2 is 0.917 bits per heavy atom. The maximum absolute atomic E-state index is 15.0. The summed E-state index contributed by atoms with van der Waals surface area (Å²) in [5.74, 6) is -1.78. The van der Waals surface area contributed by atoms with Crippen LogP contribution in [0.3, 0.4) is 0 Å². The Balaban J connectivity index is 2.44. The Bertz CT molecular complexity index is 899. The number of benzene rings is 3. The molecule has 3 aromatic carbocycles. The molecule has 4 heteroatoms. The highest BCUT2D eigenvalue weighted by Crippen LogP contribution is 2.37. The van der Waals surface area contributed by atoms with E-state index in [-0.39, 0.29) is 11.1 Å². The van der Waals surface area contributed by atoms with Crippen molar-refractivity contribution in [1.29, 1.82) is 10.5 Å². The molecular weight excluding hydrogens is 306 g/mol. The molecule has 0 saturated heterocycles. The summed E-state index contributed by atoms with van der Waals surface area (Å²) in [5, 5.41) is 18.8. The van der Waals surface area contributed by atoms with Gasteiger partial charge in [-0.3, -0.25) is 0 Å². The fourth-order valence-corrected chi connectivity index (χ4v) is 2.65. The predicted octanol–water partition coefficient (Wildman–Crippen LogP) is 5.04. The van der Waals surface area contributed by atoms with Gasteiger partial charge in [-0.25, -0.2) is 8.78 Å². The second-order valence-corrected chi connectivity index (χ2v) is 5.08. The van der Waals surface area contributed by atoms with E-state index in [1.165, 1.54) is 0 Å². The number of nitriles is 2. The van der Waals surface area contributed by atoms with E-state index in [1.807, 2.05) is 0 Å². The van der Waals surface area contributed by atoms with Gasteiger partial charge in [0.05, 0.1) is 11.1 Å². The van der Waals surface area contributed by atoms with Crippen LogP contribution in [0.2, 0.25) is 0 Å². The first kappa shape index (κ1) is 15.4. The van der Waals surface area contributed by atoms with Crippen LogP contribution in [0.1, 0.15) is 11.1 Å². The van der Waals surface area contributed by atoms with Gasteiger partial charge in [-0.1, -0.05) is 60.7 Å². The largest absolute Gasteiger partial charge is 0.205 e. The minimum absolute atomic E-state index is 0.188. The minimum atomic E-state index is -0.888. The van der Waals surface area contributed by atoms with Crippen molar-refractivity contribution in [1.82, 2.24) is 0 Å². The number of rotatable bonds is 2. The predicted molar refractivity (Wildman–Crippen MR) is 86.7 cm³/mol. The molecular formula is C20H10F2N2. The smallest absolute Gasteiger partial charge is 0.150 e. The van der Waals surface area contributed by atoms with E-state index in [9.17, 15) is 19.3 Å². The van der Waals surface area contributed by atoms with E-state index in [1.54, 1.807) is 72.8 Å². The summed E-state index contributed by atoms with van der Waals surface area (Å²) in [7, 11) is 0. The first-order valence-corrected chi connectivity index (χ1v) is 7.15. The number of nitrogens with zero attached hydrogens (tertiary/aromatic N) is 2. The second kappa shape index (κ2) is 6.32. The molecule has 24 heavy (non-hydrogen) atoms. The lowest BCUT2D eigenvalue weighted by atomic mass is 9.90. The lowest BCUT2D eigenvalue weighted by Gasteiger charge is -2.14. The zero-order valence-electron chi connectivity index (χ0n) is 12.4. The molecule has 0 unspecified atom stereocenters. The van der Waals surface area contributed by atoms with E-state index < -0.39 is 22.8 Å². The van der Waals surface area contributed by atoms with Gasteiger partial charge < -0.3 is 0 Å². The summed E-state index contributed by atoms with van der Waals surface area (Å²) < 4.78 is 30.0. The van der Waals surface area contributed by atoms with Crippen LogP contribution < -0.4 is 0 Å². The molecule has 0 heterocycles. The Labute approximate surface area is 137 Å². The average Bonchev–Trinajstić information content (AvgIpc) is 2.64. The van der Waals surface area contributed by atoms with E-state index in [2.05, 4.69) is 0 Å². The van der Waals surface area contributed by atoms with Gasteiger partial charge in [-0.05, 0) is 11.1 Å². The van der Waals surface area contributed by atoms with Crippen molar-refractivity contribution in [3.8, 4) is 34.4 Å². The molecule has 0 N–H and O–H groups in total. The van der Waals surface area contributed by atoms with E-state index in [0.717, 1.165) is 0 Å². The van der Waals surface area contributed by atoms with Gasteiger partial charge in [0.25, 0.3) is 0 Å². The molecule has 0 aliphatic carbocycles. The highest BCUT2D eigenvalue weighted by atomic mass is 19.1. The third-order valence-corrected chi connectivity index (χ3v) is 3.73. The zero-order chi connectivity index (χ0) is 17.1. The van der Waals surface area contributed by atoms with Crippen LogP contribution in [0.15, 0.2) is 60.7 Å². The van der Waals surface area contributed by atoms with E-state index >= 15 is 0 Å². The van der Waals surface area contributed by atoms with Crippen molar-refractivity contribution in [3.63, 3.8) is 0 Å². The summed E-state index contributed by atoms with van der Waals surface area (Å²) in [5.41, 5.74) is -0.491. The van der Waals surface area contributed by atoms with Gasteiger partial charge in [0, 0.05) is 11.1 Å². The number of halogens is 2. The van der Waals surface area contributed by atoms with Gasteiger partial charge in [0.2, 0.25) is 0 Å². The molecule has 0 saturated carbocycles. The molecule has 0 aliphatic heterocycles. The molecule has 0 fully saturated rings. The van der Waals surface area contributed by atoms with Crippen LogP contribution in [0.25, 0.3) is 22.3 Å². The first-order chi connectivity index (χ1) is 11.7. The molecule has 0 atom stereocenters. The van der Waals surface area contributed by atoms with Crippen molar-refractivity contribution in [2.24, 2.45) is 0 Å². The van der Waals surface area contributed by atoms with Crippen molar-refractivity contribution in [3.05, 3.63) is 83.4 Å². The number of hydrogen-bond acceptors (Lipinski definition) is 2. The Morgan fingerprint density at radius 3 is 1.21 bits per heavy atom. The lowest BCUT2D eigenvalue weighted by molar-refractivity contribution is 0.600. The van der Waals surface area contributed by atoms with Crippen LogP contribution in [0, 0.1) is 34.3 Å². The molecule has 0 radical (unpaired) electrons. The van der Waals surface area contributed by atoms with Crippen molar-refractivity contribution in [2.75, 3.05) is 0 Å². The summed E-state index contributed by atoms with van der Waals surface area (Å²) in [6, 6.07) is 19.9. The molecule has 0 bridgehead atoms. The van der Waals surface area contributed by atoms with Crippen LogP contribution >= 0.6 is 0 Å². The van der Waals surface area contributed by atoms with Crippen molar-refractivity contribution in [2.45, 2.75) is 0 Å². The van der Waals surface area contributed by atoms with E-state index in [0.29, 0.717) is 11.1 Å². The Kier molecular flexibility index (Phi) is 4.05. The standard InChI is InChI=1S/C20H10F2N2/c21-19-16(12-24)18(14-9-5-2-6-10-14)20(22)15(11-23)17(19)13-7-3-1-4-8-13/h1-10H. The average molecular weight is 316 g/mol. The van der Waals surface area contributed by atoms with Gasteiger partial charge in [-0.15, -0.1) is 0 Å². The molecule has 0 aliphatic rings. The van der Waals surface area contributed by atoms with Crippen molar-refractivity contribution >= 4 is 0 Å². The molecule has 0 amide bonds. The molecule has 0 spiro atoms. The topological polar surface area (TPSA) is 47.6 Å². The van der Waals surface area contributed by atoms with Gasteiger partial charge in [0.1, 0.15) is 12.1 Å². The fourth-order valence-electron chi connectivity index (χ4n) is 2.65. The van der Waals surface area contributed by atoms with E-state index in [4.69, 9.17) is 0 Å². The maximum Gasteiger partial charge on any atom is 0.150 e. The SMILES string of the molecule is N#Cc1c(F)c(-c2ccccc2)c(C#N)c(F)c1-c1ccccc1. The molecule has 3 aromatic rings. The van der Waals surface area contributed by atoms with Gasteiger partial charge in [0.15, 0.2) is 11.6 Å². The monoisotopic (exact) mass is 316 g/mol. The first-order valence-electron chi connectivity index (χ1n) is 7.15. The summed E-state index contributed by atoms with van der Waals surface area (Å²) in [6.45, 7) is 0. The Morgan fingerprint density at radius 1 is 0.583 bits per heavy atom. The van der Waals surface area contributed by atoms with Gasteiger partial charge >= 0.3 is 0 Å². The summed E-state index contributed by atoms with van der Waals surface area (Å²) >= 11 is 0. The van der Waals surface area contributed by atoms with Crippen LogP contribution in [-0.4, -0.2) is 0 Å². The second-order valence-electron chi connectivity index (χ2n) is 5.08. The third kappa shape index (κ3) is 2.41.